The molecule has 1 fully saturated rings. The number of aliphatic hydroxyl groups excluding tert-OH is 4. The molecule has 5 atom stereocenters. The van der Waals surface area contributed by atoms with Crippen LogP contribution in [0.2, 0.25) is 0 Å². The minimum atomic E-state index is -1.44. The minimum absolute atomic E-state index is 0.136. The van der Waals surface area contributed by atoms with E-state index in [9.17, 15) is 20.4 Å². The first-order valence-corrected chi connectivity index (χ1v) is 7.63. The van der Waals surface area contributed by atoms with Crippen LogP contribution in [0.5, 0.6) is 5.75 Å². The van der Waals surface area contributed by atoms with Gasteiger partial charge in [-0.25, -0.2) is 0 Å². The maximum absolute atomic E-state index is 9.91. The lowest BCUT2D eigenvalue weighted by Crippen LogP contribution is -2.57. The average molecular weight is 329 g/mol. The Balaban J connectivity index is 1.96. The van der Waals surface area contributed by atoms with E-state index in [1.165, 1.54) is 12.1 Å². The van der Waals surface area contributed by atoms with Gasteiger partial charge in [0.15, 0.2) is 0 Å². The largest absolute Gasteiger partial charge is 0.508 e. The van der Waals surface area contributed by atoms with Gasteiger partial charge in [0, 0.05) is 6.42 Å². The zero-order valence-corrected chi connectivity index (χ0v) is 12.5. The Hall–Kier alpha value is -1.16. The van der Waals surface area contributed by atoms with Crippen molar-refractivity contribution in [3.8, 4) is 5.75 Å². The van der Waals surface area contributed by atoms with Gasteiger partial charge in [0.1, 0.15) is 35.6 Å². The molecule has 0 amide bonds. The first-order chi connectivity index (χ1) is 10.4. The molecule has 0 aliphatic carbocycles. The molecule has 1 aromatic rings. The van der Waals surface area contributed by atoms with Crippen molar-refractivity contribution in [2.24, 2.45) is 0 Å². The van der Waals surface area contributed by atoms with Crippen LogP contribution in [0.1, 0.15) is 5.56 Å². The summed E-state index contributed by atoms with van der Waals surface area (Å²) in [5.41, 5.74) is -0.139. The molecule has 0 saturated carbocycles. The quantitative estimate of drug-likeness (QED) is 0.322. The summed E-state index contributed by atoms with van der Waals surface area (Å²) in [5.74, 6) is 0.136. The molecular weight excluding hydrogens is 310 g/mol. The number of phenols is 1. The monoisotopic (exact) mass is 329 g/mol. The third-order valence-corrected chi connectivity index (χ3v) is 4.46. The van der Waals surface area contributed by atoms with Crippen LogP contribution in [0.4, 0.5) is 0 Å². The number of thioether (sulfide) groups is 1. The highest BCUT2D eigenvalue weighted by Gasteiger charge is 2.43. The van der Waals surface area contributed by atoms with Crippen LogP contribution in [0.25, 0.3) is 0 Å². The predicted octanol–water partition coefficient (Wildman–Crippen LogP) is -0.555. The number of rotatable bonds is 4. The fraction of sp³-hybridized carbons (Fsp3) is 0.500. The van der Waals surface area contributed by atoms with Crippen molar-refractivity contribution >= 4 is 16.8 Å². The maximum atomic E-state index is 9.91. The standard InChI is InChI=1S/C14H19NO6S/c15-10(5-7-1-3-8(17)4-2-7)22-14-13(20)12(19)11(18)9(6-16)21-14/h1-4,9,11-20H,5-6H2/t9-,11-,12+,13-,14+/m1/s1. The number of hydrogen-bond donors (Lipinski definition) is 6. The zero-order valence-electron chi connectivity index (χ0n) is 11.7. The molecule has 0 radical (unpaired) electrons. The van der Waals surface area contributed by atoms with E-state index in [0.29, 0.717) is 0 Å². The second kappa shape index (κ2) is 7.40. The third kappa shape index (κ3) is 3.97. The van der Waals surface area contributed by atoms with Gasteiger partial charge in [-0.05, 0) is 17.7 Å². The highest BCUT2D eigenvalue weighted by Crippen LogP contribution is 2.29. The van der Waals surface area contributed by atoms with Crippen molar-refractivity contribution in [1.82, 2.24) is 0 Å². The molecule has 0 spiro atoms. The summed E-state index contributed by atoms with van der Waals surface area (Å²) in [6.45, 7) is -0.493. The molecule has 0 unspecified atom stereocenters. The van der Waals surface area contributed by atoms with Crippen molar-refractivity contribution in [3.05, 3.63) is 29.8 Å². The molecule has 8 heteroatoms. The first-order valence-electron chi connectivity index (χ1n) is 6.75. The molecule has 0 aromatic heterocycles. The molecular formula is C14H19NO6S. The Morgan fingerprint density at radius 3 is 2.32 bits per heavy atom. The molecule has 1 aliphatic rings. The maximum Gasteiger partial charge on any atom is 0.137 e. The van der Waals surface area contributed by atoms with Crippen molar-refractivity contribution in [3.63, 3.8) is 0 Å². The second-order valence-corrected chi connectivity index (χ2v) is 6.27. The van der Waals surface area contributed by atoms with Gasteiger partial charge >= 0.3 is 0 Å². The van der Waals surface area contributed by atoms with E-state index in [1.807, 2.05) is 0 Å². The normalized spacial score (nSPS) is 31.9. The van der Waals surface area contributed by atoms with Crippen molar-refractivity contribution in [2.45, 2.75) is 36.3 Å². The lowest BCUT2D eigenvalue weighted by atomic mass is 10.0. The Labute approximate surface area is 131 Å². The van der Waals surface area contributed by atoms with Crippen LogP contribution in [0, 0.1) is 5.41 Å². The number of nitrogens with one attached hydrogen (secondary N) is 1. The third-order valence-electron chi connectivity index (χ3n) is 3.41. The van der Waals surface area contributed by atoms with Gasteiger partial charge in [-0.1, -0.05) is 23.9 Å². The zero-order chi connectivity index (χ0) is 16.3. The Bertz CT molecular complexity index is 509. The highest BCUT2D eigenvalue weighted by atomic mass is 32.2. The summed E-state index contributed by atoms with van der Waals surface area (Å²) in [5, 5.41) is 55.8. The van der Waals surface area contributed by atoms with Crippen LogP contribution in [0.3, 0.4) is 0 Å². The first kappa shape index (κ1) is 17.2. The lowest BCUT2D eigenvalue weighted by molar-refractivity contribution is -0.205. The summed E-state index contributed by atoms with van der Waals surface area (Å²) in [4.78, 5) is 0. The molecule has 1 heterocycles. The Morgan fingerprint density at radius 1 is 1.09 bits per heavy atom. The molecule has 1 aromatic carbocycles. The van der Waals surface area contributed by atoms with Gasteiger partial charge in [-0.15, -0.1) is 0 Å². The molecule has 6 N–H and O–H groups in total. The van der Waals surface area contributed by atoms with Crippen LogP contribution < -0.4 is 0 Å². The van der Waals surface area contributed by atoms with Crippen molar-refractivity contribution < 1.29 is 30.3 Å². The van der Waals surface area contributed by atoms with Gasteiger partial charge in [-0.2, -0.15) is 0 Å². The molecule has 122 valence electrons. The van der Waals surface area contributed by atoms with E-state index in [4.69, 9.17) is 15.3 Å². The number of hydrogen-bond acceptors (Lipinski definition) is 8. The fourth-order valence-electron chi connectivity index (χ4n) is 2.15. The Kier molecular flexibility index (Phi) is 5.79. The fourth-order valence-corrected chi connectivity index (χ4v) is 3.17. The molecule has 1 saturated heterocycles. The average Bonchev–Trinajstić information content (AvgIpc) is 2.50. The lowest BCUT2D eigenvalue weighted by Gasteiger charge is -2.39. The number of phenolic OH excluding ortho intramolecular Hbond substituents is 1. The van der Waals surface area contributed by atoms with Crippen LogP contribution in [-0.4, -0.2) is 67.0 Å². The van der Waals surface area contributed by atoms with Crippen molar-refractivity contribution in [1.29, 1.82) is 5.41 Å². The van der Waals surface area contributed by atoms with E-state index >= 15 is 0 Å². The van der Waals surface area contributed by atoms with Crippen LogP contribution >= 0.6 is 11.8 Å². The molecule has 22 heavy (non-hydrogen) atoms. The van der Waals surface area contributed by atoms with E-state index in [0.717, 1.165) is 17.3 Å². The number of aromatic hydroxyl groups is 1. The number of ether oxygens (including phenoxy) is 1. The molecule has 1 aliphatic heterocycles. The summed E-state index contributed by atoms with van der Waals surface area (Å²) in [7, 11) is 0. The second-order valence-electron chi connectivity index (χ2n) is 5.08. The summed E-state index contributed by atoms with van der Waals surface area (Å²) < 4.78 is 5.33. The Morgan fingerprint density at radius 2 is 1.73 bits per heavy atom. The van der Waals surface area contributed by atoms with Gasteiger partial charge in [0.05, 0.1) is 11.7 Å². The summed E-state index contributed by atoms with van der Waals surface area (Å²) in [6, 6.07) is 6.39. The smallest absolute Gasteiger partial charge is 0.137 e. The summed E-state index contributed by atoms with van der Waals surface area (Å²) >= 11 is 0.919. The number of benzene rings is 1. The molecule has 7 nitrogen and oxygen atoms in total. The van der Waals surface area contributed by atoms with E-state index in [1.54, 1.807) is 12.1 Å². The van der Waals surface area contributed by atoms with E-state index < -0.39 is 36.5 Å². The SMILES string of the molecule is N=C(Cc1ccc(O)cc1)S[C@@H]1O[C@H](CO)[C@@H](O)[C@H](O)[C@H]1O. The van der Waals surface area contributed by atoms with Gasteiger partial charge in [-0.3, -0.25) is 5.41 Å². The molecule has 0 bridgehead atoms. The van der Waals surface area contributed by atoms with Crippen molar-refractivity contribution in [2.75, 3.05) is 6.61 Å². The van der Waals surface area contributed by atoms with Crippen LogP contribution in [0.15, 0.2) is 24.3 Å². The van der Waals surface area contributed by atoms with Gasteiger partial charge < -0.3 is 30.3 Å². The number of aliphatic hydroxyl groups is 4. The van der Waals surface area contributed by atoms with Gasteiger partial charge in [0.25, 0.3) is 0 Å². The predicted molar refractivity (Wildman–Crippen MR) is 80.9 cm³/mol. The summed E-state index contributed by atoms with van der Waals surface area (Å²) in [6.07, 6.45) is -4.90. The minimum Gasteiger partial charge on any atom is -0.508 e. The van der Waals surface area contributed by atoms with Gasteiger partial charge in [0.2, 0.25) is 0 Å². The van der Waals surface area contributed by atoms with E-state index in [-0.39, 0.29) is 17.2 Å². The van der Waals surface area contributed by atoms with E-state index in [2.05, 4.69) is 0 Å². The molecule has 2 rings (SSSR count). The highest BCUT2D eigenvalue weighted by molar-refractivity contribution is 8.14. The topological polar surface area (TPSA) is 134 Å². The van der Waals surface area contributed by atoms with Crippen LogP contribution in [-0.2, 0) is 11.2 Å².